The van der Waals surface area contributed by atoms with Crippen molar-refractivity contribution in [3.8, 4) is 17.3 Å². The summed E-state index contributed by atoms with van der Waals surface area (Å²) in [6.45, 7) is 2.02. The van der Waals surface area contributed by atoms with Crippen LogP contribution >= 0.6 is 23.1 Å². The van der Waals surface area contributed by atoms with Crippen LogP contribution in [0, 0.1) is 18.3 Å². The summed E-state index contributed by atoms with van der Waals surface area (Å²) in [5.74, 6) is 0.195. The number of nitriles is 1. The predicted molar refractivity (Wildman–Crippen MR) is 94.6 cm³/mol. The summed E-state index contributed by atoms with van der Waals surface area (Å²) in [7, 11) is 0. The molecule has 2 N–H and O–H groups in total. The third kappa shape index (κ3) is 3.64. The molecule has 2 heterocycles. The van der Waals surface area contributed by atoms with E-state index < -0.39 is 0 Å². The van der Waals surface area contributed by atoms with E-state index in [0.717, 1.165) is 11.3 Å². The molecule has 0 aliphatic rings. The lowest BCUT2D eigenvalue weighted by atomic mass is 10.1. The van der Waals surface area contributed by atoms with E-state index in [0.29, 0.717) is 10.2 Å². The zero-order chi connectivity index (χ0) is 16.9. The van der Waals surface area contributed by atoms with Gasteiger partial charge in [-0.3, -0.25) is 5.10 Å². The number of hydrogen-bond donors (Lipinski definition) is 2. The second-order valence-corrected chi connectivity index (χ2v) is 6.74. The summed E-state index contributed by atoms with van der Waals surface area (Å²) in [4.78, 5) is 8.44. The van der Waals surface area contributed by atoms with E-state index in [4.69, 9.17) is 0 Å². The van der Waals surface area contributed by atoms with Crippen molar-refractivity contribution in [1.82, 2.24) is 20.2 Å². The molecule has 0 unspecified atom stereocenters. The summed E-state index contributed by atoms with van der Waals surface area (Å²) >= 11 is 2.60. The number of allylic oxidation sites excluding steroid dienone is 1. The van der Waals surface area contributed by atoms with E-state index in [1.54, 1.807) is 0 Å². The fourth-order valence-electron chi connectivity index (χ4n) is 1.95. The molecule has 0 spiro atoms. The van der Waals surface area contributed by atoms with Gasteiger partial charge in [0.1, 0.15) is 28.7 Å². The number of aryl methyl sites for hydroxylation is 1. The van der Waals surface area contributed by atoms with E-state index in [9.17, 15) is 10.4 Å². The minimum atomic E-state index is -0.0243. The zero-order valence-corrected chi connectivity index (χ0v) is 14.4. The lowest BCUT2D eigenvalue weighted by molar-refractivity contribution is 0.420. The highest BCUT2D eigenvalue weighted by Gasteiger charge is 2.14. The van der Waals surface area contributed by atoms with Crippen molar-refractivity contribution in [2.45, 2.75) is 12.1 Å². The van der Waals surface area contributed by atoms with Gasteiger partial charge in [-0.1, -0.05) is 41.6 Å². The number of hydrogen-bond acceptors (Lipinski definition) is 7. The molecular weight excluding hydrogens is 342 g/mol. The quantitative estimate of drug-likeness (QED) is 0.410. The number of aromatic amines is 1. The largest absolute Gasteiger partial charge is 0.510 e. The highest BCUT2D eigenvalue weighted by atomic mass is 32.2. The van der Waals surface area contributed by atoms with Crippen molar-refractivity contribution in [3.63, 3.8) is 0 Å². The van der Waals surface area contributed by atoms with Crippen molar-refractivity contribution in [2.24, 2.45) is 0 Å². The van der Waals surface area contributed by atoms with Crippen LogP contribution in [0.15, 0.2) is 46.9 Å². The summed E-state index contributed by atoms with van der Waals surface area (Å²) in [6.07, 6.45) is 1.39. The molecule has 0 amide bonds. The summed E-state index contributed by atoms with van der Waals surface area (Å²) in [5, 5.41) is 29.0. The molecule has 8 heteroatoms. The van der Waals surface area contributed by atoms with Gasteiger partial charge in [0.25, 0.3) is 0 Å². The number of H-pyrrole nitrogens is 1. The predicted octanol–water partition coefficient (Wildman–Crippen LogP) is 3.82. The molecule has 120 valence electrons. The number of nitrogens with one attached hydrogen (secondary N) is 1. The maximum absolute atomic E-state index is 10.2. The number of aliphatic hydroxyl groups excluding tert-OH is 1. The Morgan fingerprint density at radius 1 is 1.38 bits per heavy atom. The highest BCUT2D eigenvalue weighted by Crippen LogP contribution is 2.28. The molecule has 0 atom stereocenters. The van der Waals surface area contributed by atoms with Gasteiger partial charge in [0, 0.05) is 10.9 Å². The van der Waals surface area contributed by atoms with Crippen LogP contribution in [-0.4, -0.2) is 31.0 Å². The molecule has 24 heavy (non-hydrogen) atoms. The Morgan fingerprint density at radius 2 is 2.17 bits per heavy atom. The molecule has 0 saturated heterocycles. The number of thiazole rings is 1. The van der Waals surface area contributed by atoms with E-state index >= 15 is 0 Å². The molecule has 1 aromatic carbocycles. The first-order valence-corrected chi connectivity index (χ1v) is 8.87. The SMILES string of the molecule is Cc1ccc(-c2csc(C(C#N)=C(O)CSc3ncn[nH]3)n2)cc1. The molecule has 3 aromatic rings. The first kappa shape index (κ1) is 16.2. The molecule has 2 aromatic heterocycles. The monoisotopic (exact) mass is 355 g/mol. The standard InChI is InChI=1S/C16H13N5OS2/c1-10-2-4-11(5-3-10)13-7-23-15(20-13)12(6-17)14(22)8-24-16-18-9-19-21-16/h2-5,7,9,22H,8H2,1H3,(H,18,19,21). The van der Waals surface area contributed by atoms with Crippen LogP contribution in [0.1, 0.15) is 10.6 Å². The number of aromatic nitrogens is 4. The normalized spacial score (nSPS) is 11.8. The Bertz CT molecular complexity index is 891. The topological polar surface area (TPSA) is 98.5 Å². The zero-order valence-electron chi connectivity index (χ0n) is 12.7. The molecule has 3 rings (SSSR count). The number of benzene rings is 1. The summed E-state index contributed by atoms with van der Waals surface area (Å²) < 4.78 is 0. The van der Waals surface area contributed by atoms with Crippen LogP contribution in [0.5, 0.6) is 0 Å². The van der Waals surface area contributed by atoms with Gasteiger partial charge >= 0.3 is 0 Å². The minimum Gasteiger partial charge on any atom is -0.510 e. The molecule has 0 bridgehead atoms. The van der Waals surface area contributed by atoms with Gasteiger partial charge in [0.15, 0.2) is 5.16 Å². The van der Waals surface area contributed by atoms with E-state index in [1.165, 1.54) is 35.0 Å². The fourth-order valence-corrected chi connectivity index (χ4v) is 3.46. The van der Waals surface area contributed by atoms with Gasteiger partial charge in [0.05, 0.1) is 11.4 Å². The average molecular weight is 355 g/mol. The van der Waals surface area contributed by atoms with Crippen molar-refractivity contribution in [1.29, 1.82) is 5.26 Å². The number of thioether (sulfide) groups is 1. The smallest absolute Gasteiger partial charge is 0.183 e. The van der Waals surface area contributed by atoms with Crippen molar-refractivity contribution >= 4 is 28.7 Å². The first-order chi connectivity index (χ1) is 11.7. The number of aliphatic hydroxyl groups is 1. The summed E-state index contributed by atoms with van der Waals surface area (Å²) in [6, 6.07) is 10.0. The van der Waals surface area contributed by atoms with Gasteiger partial charge < -0.3 is 5.11 Å². The highest BCUT2D eigenvalue weighted by molar-refractivity contribution is 7.99. The van der Waals surface area contributed by atoms with Crippen molar-refractivity contribution < 1.29 is 5.11 Å². The molecular formula is C16H13N5OS2. The molecule has 0 fully saturated rings. The first-order valence-electron chi connectivity index (χ1n) is 7.00. The lowest BCUT2D eigenvalue weighted by Crippen LogP contribution is -1.93. The second kappa shape index (κ2) is 7.29. The van der Waals surface area contributed by atoms with Gasteiger partial charge in [-0.05, 0) is 6.92 Å². The molecule has 6 nitrogen and oxygen atoms in total. The van der Waals surface area contributed by atoms with Crippen LogP contribution in [0.4, 0.5) is 0 Å². The van der Waals surface area contributed by atoms with Gasteiger partial charge in [-0.15, -0.1) is 11.3 Å². The van der Waals surface area contributed by atoms with Crippen LogP contribution in [0.25, 0.3) is 16.8 Å². The Balaban J connectivity index is 1.82. The maximum Gasteiger partial charge on any atom is 0.183 e. The minimum absolute atomic E-state index is 0.0243. The van der Waals surface area contributed by atoms with Crippen LogP contribution < -0.4 is 0 Å². The third-order valence-corrected chi connectivity index (χ3v) is 4.95. The fraction of sp³-hybridized carbons (Fsp3) is 0.125. The molecule has 0 aliphatic carbocycles. The Kier molecular flexibility index (Phi) is 4.93. The Morgan fingerprint density at radius 3 is 2.83 bits per heavy atom. The van der Waals surface area contributed by atoms with E-state index in [-0.39, 0.29) is 17.1 Å². The second-order valence-electron chi connectivity index (χ2n) is 4.92. The maximum atomic E-state index is 10.2. The molecule has 0 radical (unpaired) electrons. The van der Waals surface area contributed by atoms with Crippen LogP contribution in [0.2, 0.25) is 0 Å². The van der Waals surface area contributed by atoms with Crippen molar-refractivity contribution in [3.05, 3.63) is 52.3 Å². The van der Waals surface area contributed by atoms with Crippen LogP contribution in [0.3, 0.4) is 0 Å². The summed E-state index contributed by atoms with van der Waals surface area (Å²) in [5.41, 5.74) is 3.13. The van der Waals surface area contributed by atoms with Crippen molar-refractivity contribution in [2.75, 3.05) is 5.75 Å². The van der Waals surface area contributed by atoms with Gasteiger partial charge in [-0.25, -0.2) is 9.97 Å². The van der Waals surface area contributed by atoms with Gasteiger partial charge in [0.2, 0.25) is 0 Å². The van der Waals surface area contributed by atoms with E-state index in [2.05, 4.69) is 20.2 Å². The number of rotatable bonds is 5. The molecule has 0 aliphatic heterocycles. The third-order valence-electron chi connectivity index (χ3n) is 3.20. The van der Waals surface area contributed by atoms with E-state index in [1.807, 2.05) is 42.6 Å². The Hall–Kier alpha value is -2.63. The van der Waals surface area contributed by atoms with Gasteiger partial charge in [-0.2, -0.15) is 10.4 Å². The average Bonchev–Trinajstić information content (AvgIpc) is 3.26. The lowest BCUT2D eigenvalue weighted by Gasteiger charge is -2.01. The number of nitrogens with zero attached hydrogens (tertiary/aromatic N) is 4. The van der Waals surface area contributed by atoms with Crippen LogP contribution in [-0.2, 0) is 0 Å². The molecule has 0 saturated carbocycles. The Labute approximate surface area is 146 Å².